The summed E-state index contributed by atoms with van der Waals surface area (Å²) in [5.74, 6) is 0.472. The largest absolute Gasteiger partial charge is 2.00 e. The molecule has 0 saturated carbocycles. The van der Waals surface area contributed by atoms with Crippen LogP contribution in [0.25, 0.3) is 27.1 Å². The molecule has 0 saturated heterocycles. The maximum absolute atomic E-state index is 3.25. The third-order valence-corrected chi connectivity index (χ3v) is 4.56. The van der Waals surface area contributed by atoms with Gasteiger partial charge >= 0.3 is 26.2 Å². The summed E-state index contributed by atoms with van der Waals surface area (Å²) in [6.45, 7) is 2.15. The number of benzene rings is 3. The molecule has 1 heteroatoms. The van der Waals surface area contributed by atoms with Gasteiger partial charge < -0.3 is 0 Å². The Bertz CT molecular complexity index is 1000. The van der Waals surface area contributed by atoms with Crippen molar-refractivity contribution in [3.05, 3.63) is 109 Å². The van der Waals surface area contributed by atoms with Gasteiger partial charge in [0.2, 0.25) is 0 Å². The minimum absolute atomic E-state index is 0. The third-order valence-electron chi connectivity index (χ3n) is 4.56. The first kappa shape index (κ1) is 18.7. The van der Waals surface area contributed by atoms with Crippen molar-refractivity contribution in [2.24, 2.45) is 5.92 Å². The van der Waals surface area contributed by atoms with E-state index in [4.69, 9.17) is 0 Å². The molecule has 124 valence electrons. The first-order valence-electron chi connectivity index (χ1n) is 8.71. The molecule has 0 aromatic heterocycles. The fourth-order valence-corrected chi connectivity index (χ4v) is 3.30. The van der Waals surface area contributed by atoms with Gasteiger partial charge in [0, 0.05) is 0 Å². The van der Waals surface area contributed by atoms with Crippen LogP contribution >= 0.6 is 0 Å². The summed E-state index contributed by atoms with van der Waals surface area (Å²) in [5, 5.41) is 5.39. The molecular formula is C25H20Zr. The molecule has 1 atom stereocenters. The van der Waals surface area contributed by atoms with Crippen LogP contribution in [0.2, 0.25) is 0 Å². The summed E-state index contributed by atoms with van der Waals surface area (Å²) < 4.78 is 0. The zero-order valence-corrected chi connectivity index (χ0v) is 17.3. The van der Waals surface area contributed by atoms with E-state index >= 15 is 0 Å². The molecule has 0 spiro atoms. The van der Waals surface area contributed by atoms with Crippen molar-refractivity contribution >= 4 is 27.1 Å². The number of rotatable bonds is 1. The van der Waals surface area contributed by atoms with Crippen LogP contribution in [0.5, 0.6) is 0 Å². The molecule has 26 heavy (non-hydrogen) atoms. The van der Waals surface area contributed by atoms with Crippen LogP contribution < -0.4 is 0 Å². The summed E-state index contributed by atoms with van der Waals surface area (Å²) in [6.07, 6.45) is 7.55. The Morgan fingerprint density at radius 2 is 1.27 bits per heavy atom. The standard InChI is InChI=1S/C13H9.C12H11.Zr/c1-3-7-12-10(5-1)9-11-6-2-4-8-13(11)12;1-10-7-8-12(9-10)11-5-3-2-4-6-11;/h1-9H;2-6,8-10H,1H3;/q2*-1;+2. The molecule has 4 aromatic carbocycles. The normalized spacial score (nSPS) is 15.3. The topological polar surface area (TPSA) is 0 Å². The number of allylic oxidation sites excluding steroid dienone is 4. The summed E-state index contributed by atoms with van der Waals surface area (Å²) in [7, 11) is 0. The number of hydrogen-bond acceptors (Lipinski definition) is 0. The minimum Gasteiger partial charge on any atom is -0.269 e. The molecule has 0 radical (unpaired) electrons. The Labute approximate surface area is 174 Å². The molecular weight excluding hydrogens is 391 g/mol. The monoisotopic (exact) mass is 410 g/mol. The van der Waals surface area contributed by atoms with Gasteiger partial charge in [0.15, 0.2) is 0 Å². The van der Waals surface area contributed by atoms with Crippen LogP contribution in [0.15, 0.2) is 97.1 Å². The summed E-state index contributed by atoms with van der Waals surface area (Å²) in [4.78, 5) is 0. The Morgan fingerprint density at radius 3 is 1.81 bits per heavy atom. The maximum Gasteiger partial charge on any atom is 2.00 e. The average Bonchev–Trinajstić information content (AvgIpc) is 3.26. The van der Waals surface area contributed by atoms with Gasteiger partial charge in [-0.2, -0.15) is 11.6 Å². The predicted octanol–water partition coefficient (Wildman–Crippen LogP) is 6.79. The molecule has 0 nitrogen and oxygen atoms in total. The van der Waals surface area contributed by atoms with E-state index in [0.717, 1.165) is 0 Å². The molecule has 1 aliphatic rings. The molecule has 0 N–H and O–H groups in total. The third kappa shape index (κ3) is 4.00. The summed E-state index contributed by atoms with van der Waals surface area (Å²) >= 11 is 0. The zero-order chi connectivity index (χ0) is 17.1. The van der Waals surface area contributed by atoms with Crippen molar-refractivity contribution < 1.29 is 26.2 Å². The predicted molar refractivity (Wildman–Crippen MR) is 108 cm³/mol. The molecule has 0 fully saturated rings. The van der Waals surface area contributed by atoms with Crippen LogP contribution in [-0.4, -0.2) is 0 Å². The second-order valence-corrected chi connectivity index (χ2v) is 6.41. The molecule has 5 rings (SSSR count). The van der Waals surface area contributed by atoms with Gasteiger partial charge in [-0.15, -0.1) is 45.3 Å². The van der Waals surface area contributed by atoms with Crippen LogP contribution in [0.4, 0.5) is 0 Å². The number of hydrogen-bond donors (Lipinski definition) is 0. The second-order valence-electron chi connectivity index (χ2n) is 6.41. The summed E-state index contributed by atoms with van der Waals surface area (Å²) in [5.41, 5.74) is 2.58. The van der Waals surface area contributed by atoms with Gasteiger partial charge in [-0.3, -0.25) is 6.08 Å². The van der Waals surface area contributed by atoms with Gasteiger partial charge in [-0.1, -0.05) is 79.6 Å². The smallest absolute Gasteiger partial charge is 0.269 e. The van der Waals surface area contributed by atoms with E-state index in [1.54, 1.807) is 0 Å². The van der Waals surface area contributed by atoms with Crippen molar-refractivity contribution in [3.63, 3.8) is 0 Å². The Morgan fingerprint density at radius 1 is 0.731 bits per heavy atom. The first-order chi connectivity index (χ1) is 12.3. The fourth-order valence-electron chi connectivity index (χ4n) is 3.30. The van der Waals surface area contributed by atoms with E-state index in [2.05, 4.69) is 104 Å². The zero-order valence-electron chi connectivity index (χ0n) is 14.8. The van der Waals surface area contributed by atoms with Gasteiger partial charge in [0.05, 0.1) is 0 Å². The van der Waals surface area contributed by atoms with Crippen molar-refractivity contribution in [2.75, 3.05) is 0 Å². The van der Waals surface area contributed by atoms with E-state index in [9.17, 15) is 0 Å². The first-order valence-corrected chi connectivity index (χ1v) is 8.71. The van der Waals surface area contributed by atoms with E-state index in [-0.39, 0.29) is 26.2 Å². The molecule has 0 heterocycles. The minimum atomic E-state index is 0. The maximum atomic E-state index is 3.25. The molecule has 4 aromatic rings. The Hall–Kier alpha value is -2.11. The molecule has 1 unspecified atom stereocenters. The van der Waals surface area contributed by atoms with Crippen LogP contribution in [0, 0.1) is 12.0 Å². The molecule has 0 amide bonds. The fraction of sp³-hybridized carbons (Fsp3) is 0.0800. The van der Waals surface area contributed by atoms with E-state index in [1.807, 2.05) is 6.07 Å². The Balaban J connectivity index is 0.000000146. The van der Waals surface area contributed by atoms with Crippen molar-refractivity contribution in [2.45, 2.75) is 6.92 Å². The van der Waals surface area contributed by atoms with Crippen LogP contribution in [0.3, 0.4) is 0 Å². The SMILES string of the molecule is CC1[C-]=CC(c2ccccc2)=C1.[Zr+2].c1ccc2c(c1)[cH-]c1ccccc12. The van der Waals surface area contributed by atoms with Gasteiger partial charge in [0.25, 0.3) is 0 Å². The van der Waals surface area contributed by atoms with Crippen molar-refractivity contribution in [3.8, 4) is 0 Å². The summed E-state index contributed by atoms with van der Waals surface area (Å²) in [6, 6.07) is 29.7. The van der Waals surface area contributed by atoms with Crippen molar-refractivity contribution in [1.82, 2.24) is 0 Å². The quantitative estimate of drug-likeness (QED) is 0.303. The van der Waals surface area contributed by atoms with E-state index in [0.29, 0.717) is 5.92 Å². The van der Waals surface area contributed by atoms with Gasteiger partial charge in [0.1, 0.15) is 0 Å². The van der Waals surface area contributed by atoms with Crippen LogP contribution in [-0.2, 0) is 26.2 Å². The van der Waals surface area contributed by atoms with Crippen molar-refractivity contribution in [1.29, 1.82) is 0 Å². The second kappa shape index (κ2) is 8.52. The average molecular weight is 412 g/mol. The van der Waals surface area contributed by atoms with Gasteiger partial charge in [-0.25, -0.2) is 6.08 Å². The number of fused-ring (bicyclic) bond motifs is 3. The Kier molecular flexibility index (Phi) is 6.12. The van der Waals surface area contributed by atoms with E-state index in [1.165, 1.54) is 32.7 Å². The molecule has 0 bridgehead atoms. The van der Waals surface area contributed by atoms with Gasteiger partial charge in [-0.05, 0) is 0 Å². The molecule has 0 aliphatic heterocycles. The molecule has 1 aliphatic carbocycles. The van der Waals surface area contributed by atoms with Crippen LogP contribution in [0.1, 0.15) is 12.5 Å². The van der Waals surface area contributed by atoms with E-state index < -0.39 is 0 Å².